The summed E-state index contributed by atoms with van der Waals surface area (Å²) in [6.45, 7) is 13.9. The van der Waals surface area contributed by atoms with Crippen LogP contribution in [0.2, 0.25) is 5.02 Å². The van der Waals surface area contributed by atoms with Gasteiger partial charge in [0.15, 0.2) is 5.96 Å². The van der Waals surface area contributed by atoms with Gasteiger partial charge in [0.1, 0.15) is 0 Å². The van der Waals surface area contributed by atoms with Gasteiger partial charge in [0.05, 0.1) is 0 Å². The van der Waals surface area contributed by atoms with E-state index < -0.39 is 0 Å². The van der Waals surface area contributed by atoms with Crippen LogP contribution in [0.5, 0.6) is 0 Å². The molecule has 1 atom stereocenters. The number of aryl methyl sites for hydroxylation is 1. The first-order valence-electron chi connectivity index (χ1n) is 10.4. The summed E-state index contributed by atoms with van der Waals surface area (Å²) >= 11 is 6.21. The van der Waals surface area contributed by atoms with Crippen molar-refractivity contribution in [2.75, 3.05) is 77.9 Å². The number of nitrogens with one attached hydrogen (secondary N) is 1. The Morgan fingerprint density at radius 3 is 2.38 bits per heavy atom. The predicted octanol–water partition coefficient (Wildman–Crippen LogP) is 2.60. The van der Waals surface area contributed by atoms with Crippen molar-refractivity contribution >= 4 is 47.2 Å². The lowest BCUT2D eigenvalue weighted by Gasteiger charge is -2.39. The summed E-state index contributed by atoms with van der Waals surface area (Å²) < 4.78 is 0. The standard InChI is InChI=1S/C21H35ClN6.HI/c1-17-5-6-19(22)15-20(17)27-11-13-28(14-12-27)21(23-3)24-16-18(2)26-9-7-25(4)8-10-26;/h5-6,15,18H,7-14,16H2,1-4H3,(H,23,24);1H. The minimum Gasteiger partial charge on any atom is -0.368 e. The third-order valence-electron chi connectivity index (χ3n) is 6.02. The van der Waals surface area contributed by atoms with Crippen molar-refractivity contribution in [3.8, 4) is 0 Å². The van der Waals surface area contributed by atoms with Crippen molar-refractivity contribution < 1.29 is 0 Å². The highest BCUT2D eigenvalue weighted by atomic mass is 127. The minimum atomic E-state index is 0. The molecule has 1 unspecified atom stereocenters. The van der Waals surface area contributed by atoms with Crippen LogP contribution in [0.1, 0.15) is 12.5 Å². The van der Waals surface area contributed by atoms with Crippen LogP contribution in [0.3, 0.4) is 0 Å². The van der Waals surface area contributed by atoms with Crippen LogP contribution in [0.15, 0.2) is 23.2 Å². The Bertz CT molecular complexity index is 669. The maximum atomic E-state index is 6.21. The van der Waals surface area contributed by atoms with Crippen molar-refractivity contribution in [1.29, 1.82) is 0 Å². The number of guanidine groups is 1. The molecule has 2 fully saturated rings. The lowest BCUT2D eigenvalue weighted by Crippen LogP contribution is -2.55. The number of benzene rings is 1. The van der Waals surface area contributed by atoms with Crippen molar-refractivity contribution in [1.82, 2.24) is 20.0 Å². The molecule has 0 radical (unpaired) electrons. The number of anilines is 1. The molecule has 0 spiro atoms. The molecule has 0 aliphatic carbocycles. The molecule has 0 bridgehead atoms. The Morgan fingerprint density at radius 1 is 1.10 bits per heavy atom. The van der Waals surface area contributed by atoms with Crippen LogP contribution in [0.4, 0.5) is 5.69 Å². The average Bonchev–Trinajstić information content (AvgIpc) is 2.71. The van der Waals surface area contributed by atoms with Gasteiger partial charge in [-0.1, -0.05) is 17.7 Å². The largest absolute Gasteiger partial charge is 0.368 e. The highest BCUT2D eigenvalue weighted by Crippen LogP contribution is 2.25. The first-order chi connectivity index (χ1) is 13.5. The van der Waals surface area contributed by atoms with Gasteiger partial charge in [0.2, 0.25) is 0 Å². The van der Waals surface area contributed by atoms with Gasteiger partial charge in [0.25, 0.3) is 0 Å². The third-order valence-corrected chi connectivity index (χ3v) is 6.25. The minimum absolute atomic E-state index is 0. The zero-order valence-corrected chi connectivity index (χ0v) is 21.3. The lowest BCUT2D eigenvalue weighted by atomic mass is 10.1. The number of hydrogen-bond donors (Lipinski definition) is 1. The van der Waals surface area contributed by atoms with Gasteiger partial charge in [-0.05, 0) is 38.6 Å². The molecule has 0 amide bonds. The fourth-order valence-corrected chi connectivity index (χ4v) is 4.21. The molecule has 1 aromatic rings. The number of hydrogen-bond acceptors (Lipinski definition) is 4. The van der Waals surface area contributed by atoms with Gasteiger partial charge < -0.3 is 20.0 Å². The highest BCUT2D eigenvalue weighted by molar-refractivity contribution is 14.0. The molecule has 2 aliphatic heterocycles. The normalized spacial score (nSPS) is 20.4. The van der Waals surface area contributed by atoms with E-state index in [4.69, 9.17) is 11.6 Å². The van der Waals surface area contributed by atoms with Gasteiger partial charge in [-0.25, -0.2) is 0 Å². The Kier molecular flexibility index (Phi) is 9.78. The molecule has 2 aliphatic rings. The highest BCUT2D eigenvalue weighted by Gasteiger charge is 2.23. The van der Waals surface area contributed by atoms with Gasteiger partial charge in [0, 0.05) is 82.7 Å². The second kappa shape index (κ2) is 11.6. The number of halogens is 2. The van der Waals surface area contributed by atoms with Crippen LogP contribution >= 0.6 is 35.6 Å². The van der Waals surface area contributed by atoms with Crippen LogP contribution in [0, 0.1) is 6.92 Å². The maximum Gasteiger partial charge on any atom is 0.193 e. The summed E-state index contributed by atoms with van der Waals surface area (Å²) in [7, 11) is 4.09. The van der Waals surface area contributed by atoms with Crippen LogP contribution in [-0.4, -0.2) is 99.7 Å². The van der Waals surface area contributed by atoms with E-state index in [-0.39, 0.29) is 24.0 Å². The quantitative estimate of drug-likeness (QED) is 0.365. The van der Waals surface area contributed by atoms with E-state index in [0.717, 1.165) is 69.9 Å². The number of rotatable bonds is 4. The molecule has 0 aromatic heterocycles. The Labute approximate surface area is 198 Å². The van der Waals surface area contributed by atoms with Gasteiger partial charge in [-0.15, -0.1) is 24.0 Å². The molecule has 1 N–H and O–H groups in total. The third kappa shape index (κ3) is 6.60. The summed E-state index contributed by atoms with van der Waals surface area (Å²) in [6.07, 6.45) is 0. The zero-order valence-electron chi connectivity index (χ0n) is 18.2. The molecule has 2 heterocycles. The molecule has 8 heteroatoms. The Hall–Kier alpha value is -0.770. The first kappa shape index (κ1) is 24.5. The SMILES string of the molecule is CN=C(NCC(C)N1CCN(C)CC1)N1CCN(c2cc(Cl)ccc2C)CC1.I. The number of piperazine rings is 2. The average molecular weight is 535 g/mol. The molecule has 0 saturated carbocycles. The fraction of sp³-hybridized carbons (Fsp3) is 0.667. The maximum absolute atomic E-state index is 6.21. The van der Waals surface area contributed by atoms with Gasteiger partial charge in [-0.3, -0.25) is 9.89 Å². The van der Waals surface area contributed by atoms with Gasteiger partial charge >= 0.3 is 0 Å². The second-order valence-corrected chi connectivity index (χ2v) is 8.46. The number of aliphatic imine (C=N–C) groups is 1. The second-order valence-electron chi connectivity index (χ2n) is 8.02. The van der Waals surface area contributed by atoms with E-state index in [1.807, 2.05) is 13.1 Å². The van der Waals surface area contributed by atoms with Crippen LogP contribution in [-0.2, 0) is 0 Å². The lowest BCUT2D eigenvalue weighted by molar-refractivity contribution is 0.119. The van der Waals surface area contributed by atoms with E-state index in [1.54, 1.807) is 0 Å². The summed E-state index contributed by atoms with van der Waals surface area (Å²) in [4.78, 5) is 14.3. The summed E-state index contributed by atoms with van der Waals surface area (Å²) in [5.74, 6) is 1.02. The number of nitrogens with zero attached hydrogens (tertiary/aromatic N) is 5. The van der Waals surface area contributed by atoms with Crippen molar-refractivity contribution in [2.45, 2.75) is 19.9 Å². The fourth-order valence-electron chi connectivity index (χ4n) is 4.05. The molecular formula is C21H36ClIN6. The van der Waals surface area contributed by atoms with Crippen LogP contribution < -0.4 is 10.2 Å². The summed E-state index contributed by atoms with van der Waals surface area (Å²) in [5, 5.41) is 4.41. The molecule has 2 saturated heterocycles. The molecule has 6 nitrogen and oxygen atoms in total. The summed E-state index contributed by atoms with van der Waals surface area (Å²) in [5.41, 5.74) is 2.53. The van der Waals surface area contributed by atoms with E-state index in [0.29, 0.717) is 6.04 Å². The molecule has 29 heavy (non-hydrogen) atoms. The molecule has 1 aromatic carbocycles. The molecule has 164 valence electrons. The molecule has 3 rings (SSSR count). The first-order valence-corrected chi connectivity index (χ1v) is 10.7. The van der Waals surface area contributed by atoms with Gasteiger partial charge in [-0.2, -0.15) is 0 Å². The topological polar surface area (TPSA) is 37.4 Å². The smallest absolute Gasteiger partial charge is 0.193 e. The van der Waals surface area contributed by atoms with Crippen molar-refractivity contribution in [3.63, 3.8) is 0 Å². The number of likely N-dealkylation sites (N-methyl/N-ethyl adjacent to an activating group) is 1. The van der Waals surface area contributed by atoms with Crippen molar-refractivity contribution in [3.05, 3.63) is 28.8 Å². The van der Waals surface area contributed by atoms with E-state index in [2.05, 4.69) is 62.9 Å². The van der Waals surface area contributed by atoms with E-state index in [9.17, 15) is 0 Å². The monoisotopic (exact) mass is 534 g/mol. The zero-order chi connectivity index (χ0) is 20.1. The Balaban J connectivity index is 0.00000300. The predicted molar refractivity (Wildman–Crippen MR) is 135 cm³/mol. The van der Waals surface area contributed by atoms with Crippen LogP contribution in [0.25, 0.3) is 0 Å². The molecular weight excluding hydrogens is 499 g/mol. The van der Waals surface area contributed by atoms with E-state index in [1.165, 1.54) is 11.3 Å². The summed E-state index contributed by atoms with van der Waals surface area (Å²) in [6, 6.07) is 6.66. The van der Waals surface area contributed by atoms with Crippen molar-refractivity contribution in [2.24, 2.45) is 4.99 Å². The Morgan fingerprint density at radius 2 is 1.76 bits per heavy atom. The van der Waals surface area contributed by atoms with E-state index >= 15 is 0 Å².